The summed E-state index contributed by atoms with van der Waals surface area (Å²) >= 11 is 0. The summed E-state index contributed by atoms with van der Waals surface area (Å²) in [6.45, 7) is 1.45. The number of rotatable bonds is 3. The van der Waals surface area contributed by atoms with Gasteiger partial charge in [0.25, 0.3) is 0 Å². The van der Waals surface area contributed by atoms with Gasteiger partial charge in [-0.05, 0) is 12.8 Å². The van der Waals surface area contributed by atoms with Gasteiger partial charge < -0.3 is 14.1 Å². The first-order valence-electron chi connectivity index (χ1n) is 4.74. The van der Waals surface area contributed by atoms with E-state index in [0.717, 1.165) is 25.7 Å². The van der Waals surface area contributed by atoms with Crippen molar-refractivity contribution in [1.82, 2.24) is 10.1 Å². The number of carbonyl (C=O) groups excluding carboxylic acids is 1. The van der Waals surface area contributed by atoms with Crippen molar-refractivity contribution < 1.29 is 14.1 Å². The zero-order valence-corrected chi connectivity index (χ0v) is 7.81. The second-order valence-electron chi connectivity index (χ2n) is 3.33. The zero-order valence-electron chi connectivity index (χ0n) is 7.81. The fourth-order valence-electron chi connectivity index (χ4n) is 1.53. The van der Waals surface area contributed by atoms with Gasteiger partial charge in [0.2, 0.25) is 5.89 Å². The highest BCUT2D eigenvalue weighted by Crippen LogP contribution is 2.23. The highest BCUT2D eigenvalue weighted by molar-refractivity contribution is 5.52. The summed E-state index contributed by atoms with van der Waals surface area (Å²) in [5.74, 6) is 1.26. The molecule has 1 aromatic heterocycles. The summed E-state index contributed by atoms with van der Waals surface area (Å²) in [5.41, 5.74) is 0. The Balaban J connectivity index is 2.03. The van der Waals surface area contributed by atoms with Gasteiger partial charge in [0.1, 0.15) is 6.29 Å². The molecule has 1 unspecified atom stereocenters. The summed E-state index contributed by atoms with van der Waals surface area (Å²) in [7, 11) is 0. The molecule has 5 heteroatoms. The molecule has 0 spiro atoms. The minimum Gasteiger partial charge on any atom is -0.381 e. The lowest BCUT2D eigenvalue weighted by molar-refractivity contribution is -0.107. The average molecular weight is 196 g/mol. The average Bonchev–Trinajstić information content (AvgIpc) is 2.68. The molecule has 0 saturated carbocycles. The van der Waals surface area contributed by atoms with Crippen LogP contribution in [0.25, 0.3) is 0 Å². The number of aromatic nitrogens is 2. The molecule has 1 aliphatic heterocycles. The maximum absolute atomic E-state index is 10.2. The van der Waals surface area contributed by atoms with Crippen molar-refractivity contribution in [2.24, 2.45) is 0 Å². The first-order chi connectivity index (χ1) is 6.90. The largest absolute Gasteiger partial charge is 0.381 e. The molecule has 1 aliphatic rings. The molecule has 0 N–H and O–H groups in total. The Hall–Kier alpha value is -1.23. The van der Waals surface area contributed by atoms with Crippen LogP contribution in [0.15, 0.2) is 4.52 Å². The lowest BCUT2D eigenvalue weighted by atomic mass is 10.0. The van der Waals surface area contributed by atoms with Crippen LogP contribution in [-0.2, 0) is 16.0 Å². The van der Waals surface area contributed by atoms with Crippen LogP contribution in [0.5, 0.6) is 0 Å². The summed E-state index contributed by atoms with van der Waals surface area (Å²) in [6.07, 6.45) is 3.03. The van der Waals surface area contributed by atoms with Crippen LogP contribution in [-0.4, -0.2) is 29.6 Å². The van der Waals surface area contributed by atoms with E-state index in [2.05, 4.69) is 10.1 Å². The smallest absolute Gasteiger partial charge is 0.232 e. The molecule has 1 fully saturated rings. The monoisotopic (exact) mass is 196 g/mol. The second-order valence-corrected chi connectivity index (χ2v) is 3.33. The summed E-state index contributed by atoms with van der Waals surface area (Å²) < 4.78 is 10.4. The predicted molar refractivity (Wildman–Crippen MR) is 46.9 cm³/mol. The Morgan fingerprint density at radius 3 is 3.21 bits per heavy atom. The van der Waals surface area contributed by atoms with Crippen molar-refractivity contribution in [2.45, 2.75) is 25.2 Å². The molecule has 2 heterocycles. The fourth-order valence-corrected chi connectivity index (χ4v) is 1.53. The first kappa shape index (κ1) is 9.33. The van der Waals surface area contributed by atoms with Crippen LogP contribution in [0.3, 0.4) is 0 Å². The molecule has 1 saturated heterocycles. The third-order valence-corrected chi connectivity index (χ3v) is 2.26. The molecule has 0 aliphatic carbocycles. The summed E-state index contributed by atoms with van der Waals surface area (Å²) in [5, 5.41) is 3.71. The molecule has 5 nitrogen and oxygen atoms in total. The molecule has 14 heavy (non-hydrogen) atoms. The van der Waals surface area contributed by atoms with Gasteiger partial charge >= 0.3 is 0 Å². The van der Waals surface area contributed by atoms with Crippen LogP contribution < -0.4 is 0 Å². The second kappa shape index (κ2) is 4.32. The van der Waals surface area contributed by atoms with Gasteiger partial charge in [-0.15, -0.1) is 0 Å². The van der Waals surface area contributed by atoms with E-state index in [1.807, 2.05) is 0 Å². The molecular weight excluding hydrogens is 184 g/mol. The third kappa shape index (κ3) is 1.98. The van der Waals surface area contributed by atoms with Crippen molar-refractivity contribution in [3.63, 3.8) is 0 Å². The van der Waals surface area contributed by atoms with E-state index in [1.165, 1.54) is 0 Å². The lowest BCUT2D eigenvalue weighted by Crippen LogP contribution is -2.15. The van der Waals surface area contributed by atoms with Gasteiger partial charge in [-0.1, -0.05) is 5.16 Å². The van der Waals surface area contributed by atoms with Gasteiger partial charge in [-0.25, -0.2) is 0 Å². The predicted octanol–water partition coefficient (Wildman–Crippen LogP) is 0.705. The van der Waals surface area contributed by atoms with E-state index >= 15 is 0 Å². The van der Waals surface area contributed by atoms with Gasteiger partial charge in [0.15, 0.2) is 5.82 Å². The molecule has 1 aromatic rings. The molecular formula is C9H12N2O3. The van der Waals surface area contributed by atoms with Crippen molar-refractivity contribution in [3.05, 3.63) is 11.7 Å². The first-order valence-corrected chi connectivity index (χ1v) is 4.74. The van der Waals surface area contributed by atoms with Crippen LogP contribution >= 0.6 is 0 Å². The Morgan fingerprint density at radius 1 is 1.57 bits per heavy atom. The molecule has 1 atom stereocenters. The van der Waals surface area contributed by atoms with E-state index in [0.29, 0.717) is 18.3 Å². The highest BCUT2D eigenvalue weighted by Gasteiger charge is 2.21. The molecule has 76 valence electrons. The Kier molecular flexibility index (Phi) is 2.88. The third-order valence-electron chi connectivity index (χ3n) is 2.26. The molecule has 0 bridgehead atoms. The standard InChI is InChI=1S/C9H12N2O3/c12-4-3-8-10-9(14-11-8)7-2-1-5-13-6-7/h4,7H,1-3,5-6H2. The lowest BCUT2D eigenvalue weighted by Gasteiger charge is -2.17. The Morgan fingerprint density at radius 2 is 2.50 bits per heavy atom. The quantitative estimate of drug-likeness (QED) is 0.666. The summed E-state index contributed by atoms with van der Waals surface area (Å²) in [6, 6.07) is 0. The summed E-state index contributed by atoms with van der Waals surface area (Å²) in [4.78, 5) is 14.3. The van der Waals surface area contributed by atoms with E-state index in [4.69, 9.17) is 9.26 Å². The van der Waals surface area contributed by atoms with E-state index in [1.54, 1.807) is 0 Å². The number of hydrogen-bond acceptors (Lipinski definition) is 5. The molecule has 2 rings (SSSR count). The highest BCUT2D eigenvalue weighted by atomic mass is 16.5. The SMILES string of the molecule is O=CCc1noc(C2CCCOC2)n1. The van der Waals surface area contributed by atoms with Gasteiger partial charge in [-0.2, -0.15) is 4.98 Å². The topological polar surface area (TPSA) is 65.2 Å². The van der Waals surface area contributed by atoms with Gasteiger partial charge in [0.05, 0.1) is 18.9 Å². The Labute approximate surface area is 81.4 Å². The number of hydrogen-bond donors (Lipinski definition) is 0. The van der Waals surface area contributed by atoms with Gasteiger partial charge in [-0.3, -0.25) is 0 Å². The number of aldehydes is 1. The van der Waals surface area contributed by atoms with Crippen molar-refractivity contribution in [2.75, 3.05) is 13.2 Å². The minimum absolute atomic E-state index is 0.205. The van der Waals surface area contributed by atoms with Crippen molar-refractivity contribution in [1.29, 1.82) is 0 Å². The van der Waals surface area contributed by atoms with E-state index in [-0.39, 0.29) is 12.3 Å². The number of carbonyl (C=O) groups is 1. The number of nitrogens with zero attached hydrogens (tertiary/aromatic N) is 2. The van der Waals surface area contributed by atoms with Crippen LogP contribution in [0, 0.1) is 0 Å². The zero-order chi connectivity index (χ0) is 9.80. The normalized spacial score (nSPS) is 22.1. The van der Waals surface area contributed by atoms with E-state index in [9.17, 15) is 4.79 Å². The Bertz CT molecular complexity index is 305. The minimum atomic E-state index is 0.205. The van der Waals surface area contributed by atoms with Crippen LogP contribution in [0.4, 0.5) is 0 Å². The van der Waals surface area contributed by atoms with Crippen LogP contribution in [0.1, 0.15) is 30.5 Å². The van der Waals surface area contributed by atoms with E-state index < -0.39 is 0 Å². The molecule has 0 radical (unpaired) electrons. The molecule has 0 aromatic carbocycles. The maximum Gasteiger partial charge on any atom is 0.232 e. The van der Waals surface area contributed by atoms with Crippen molar-refractivity contribution in [3.8, 4) is 0 Å². The van der Waals surface area contributed by atoms with Crippen LogP contribution in [0.2, 0.25) is 0 Å². The number of ether oxygens (including phenoxy) is 1. The molecule has 0 amide bonds. The van der Waals surface area contributed by atoms with Crippen molar-refractivity contribution >= 4 is 6.29 Å². The maximum atomic E-state index is 10.2. The van der Waals surface area contributed by atoms with Gasteiger partial charge in [0, 0.05) is 6.61 Å². The fraction of sp³-hybridized carbons (Fsp3) is 0.667.